The molecular weight excluding hydrogens is 264 g/mol. The highest BCUT2D eigenvalue weighted by Gasteiger charge is 2.20. The molecular formula is C18H20O3. The second-order valence-corrected chi connectivity index (χ2v) is 5.01. The van der Waals surface area contributed by atoms with Crippen LogP contribution in [0, 0.1) is 0 Å². The average Bonchev–Trinajstić information content (AvgIpc) is 2.54. The minimum Gasteiger partial charge on any atom is -0.493 e. The maximum Gasteiger partial charge on any atom is 0.164 e. The van der Waals surface area contributed by atoms with Crippen molar-refractivity contribution in [2.75, 3.05) is 14.2 Å². The second kappa shape index (κ2) is 6.93. The summed E-state index contributed by atoms with van der Waals surface area (Å²) in [4.78, 5) is 11.4. The topological polar surface area (TPSA) is 35.5 Å². The maximum atomic E-state index is 11.4. The van der Waals surface area contributed by atoms with Gasteiger partial charge in [0, 0.05) is 11.1 Å². The molecule has 0 saturated carbocycles. The Balaban J connectivity index is 2.42. The van der Waals surface area contributed by atoms with Crippen LogP contribution in [0.1, 0.15) is 34.3 Å². The zero-order valence-corrected chi connectivity index (χ0v) is 12.6. The van der Waals surface area contributed by atoms with Crippen molar-refractivity contribution in [1.29, 1.82) is 0 Å². The Kier molecular flexibility index (Phi) is 4.99. The van der Waals surface area contributed by atoms with Crippen LogP contribution in [0.2, 0.25) is 0 Å². The van der Waals surface area contributed by atoms with E-state index in [0.717, 1.165) is 18.3 Å². The molecule has 0 fully saturated rings. The zero-order chi connectivity index (χ0) is 15.2. The van der Waals surface area contributed by atoms with Gasteiger partial charge in [0.25, 0.3) is 0 Å². The smallest absolute Gasteiger partial charge is 0.164 e. The van der Waals surface area contributed by atoms with E-state index in [4.69, 9.17) is 9.47 Å². The van der Waals surface area contributed by atoms with Crippen molar-refractivity contribution < 1.29 is 14.3 Å². The van der Waals surface area contributed by atoms with Crippen molar-refractivity contribution in [2.24, 2.45) is 0 Å². The normalized spacial score (nSPS) is 11.8. The first kappa shape index (κ1) is 15.1. The number of hydrogen-bond donors (Lipinski definition) is 0. The van der Waals surface area contributed by atoms with Crippen molar-refractivity contribution in [2.45, 2.75) is 19.3 Å². The molecule has 0 bridgehead atoms. The van der Waals surface area contributed by atoms with Crippen molar-refractivity contribution in [3.05, 3.63) is 59.2 Å². The summed E-state index contributed by atoms with van der Waals surface area (Å²) in [5.41, 5.74) is 2.78. The number of hydrogen-bond acceptors (Lipinski definition) is 3. The molecule has 0 amide bonds. The van der Waals surface area contributed by atoms with Gasteiger partial charge in [0.15, 0.2) is 11.5 Å². The molecule has 21 heavy (non-hydrogen) atoms. The van der Waals surface area contributed by atoms with Crippen LogP contribution in [0.15, 0.2) is 42.5 Å². The summed E-state index contributed by atoms with van der Waals surface area (Å²) in [5.74, 6) is 1.45. The van der Waals surface area contributed by atoms with E-state index >= 15 is 0 Å². The summed E-state index contributed by atoms with van der Waals surface area (Å²) in [6.07, 6.45) is 1.71. The Labute approximate surface area is 125 Å². The van der Waals surface area contributed by atoms with E-state index in [1.807, 2.05) is 18.2 Å². The number of benzene rings is 2. The lowest BCUT2D eigenvalue weighted by Gasteiger charge is -2.20. The maximum absolute atomic E-state index is 11.4. The van der Waals surface area contributed by atoms with Gasteiger partial charge < -0.3 is 9.47 Å². The van der Waals surface area contributed by atoms with Crippen LogP contribution < -0.4 is 9.47 Å². The van der Waals surface area contributed by atoms with Crippen molar-refractivity contribution >= 4 is 6.29 Å². The van der Waals surface area contributed by atoms with E-state index < -0.39 is 0 Å². The summed E-state index contributed by atoms with van der Waals surface area (Å²) in [6, 6.07) is 13.8. The van der Waals surface area contributed by atoms with Gasteiger partial charge in [0.05, 0.1) is 14.2 Å². The standard InChI is InChI=1S/C18H20O3/c1-13(11-14-7-5-4-6-8-14)17-15(12-19)9-10-16(20-2)18(17)21-3/h4-10,12-13H,11H2,1-3H3. The Morgan fingerprint density at radius 2 is 1.76 bits per heavy atom. The highest BCUT2D eigenvalue weighted by Crippen LogP contribution is 2.38. The molecule has 0 aliphatic carbocycles. The molecule has 3 nitrogen and oxygen atoms in total. The Hall–Kier alpha value is -2.29. The molecule has 2 aromatic rings. The van der Waals surface area contributed by atoms with E-state index in [2.05, 4.69) is 19.1 Å². The molecule has 0 radical (unpaired) electrons. The fraction of sp³-hybridized carbons (Fsp3) is 0.278. The quantitative estimate of drug-likeness (QED) is 0.756. The fourth-order valence-electron chi connectivity index (χ4n) is 2.65. The molecule has 0 spiro atoms. The summed E-state index contributed by atoms with van der Waals surface area (Å²) < 4.78 is 10.8. The molecule has 110 valence electrons. The molecule has 3 heteroatoms. The van der Waals surface area contributed by atoms with E-state index in [0.29, 0.717) is 17.1 Å². The third-order valence-corrected chi connectivity index (χ3v) is 3.62. The number of carbonyl (C=O) groups is 1. The number of methoxy groups -OCH3 is 2. The fourth-order valence-corrected chi connectivity index (χ4v) is 2.65. The minimum absolute atomic E-state index is 0.151. The van der Waals surface area contributed by atoms with Crippen LogP contribution in [0.5, 0.6) is 11.5 Å². The zero-order valence-electron chi connectivity index (χ0n) is 12.6. The van der Waals surface area contributed by atoms with Crippen molar-refractivity contribution in [3.8, 4) is 11.5 Å². The van der Waals surface area contributed by atoms with E-state index in [1.165, 1.54) is 5.56 Å². The Morgan fingerprint density at radius 1 is 1.05 bits per heavy atom. The third kappa shape index (κ3) is 3.24. The molecule has 1 unspecified atom stereocenters. The number of aldehydes is 1. The summed E-state index contributed by atoms with van der Waals surface area (Å²) >= 11 is 0. The first-order valence-electron chi connectivity index (χ1n) is 6.95. The molecule has 0 aliphatic rings. The highest BCUT2D eigenvalue weighted by atomic mass is 16.5. The molecule has 0 N–H and O–H groups in total. The number of ether oxygens (including phenoxy) is 2. The van der Waals surface area contributed by atoms with Crippen LogP contribution >= 0.6 is 0 Å². The van der Waals surface area contributed by atoms with Gasteiger partial charge in [0.2, 0.25) is 0 Å². The van der Waals surface area contributed by atoms with E-state index in [9.17, 15) is 4.79 Å². The number of rotatable bonds is 6. The molecule has 1 atom stereocenters. The SMILES string of the molecule is COc1ccc(C=O)c(C(C)Cc2ccccc2)c1OC. The molecule has 0 saturated heterocycles. The minimum atomic E-state index is 0.151. The summed E-state index contributed by atoms with van der Waals surface area (Å²) in [6.45, 7) is 2.09. The molecule has 0 heterocycles. The largest absolute Gasteiger partial charge is 0.493 e. The van der Waals surface area contributed by atoms with E-state index in [1.54, 1.807) is 26.4 Å². The van der Waals surface area contributed by atoms with Crippen LogP contribution in [-0.4, -0.2) is 20.5 Å². The van der Waals surface area contributed by atoms with Gasteiger partial charge in [-0.3, -0.25) is 4.79 Å². The first-order chi connectivity index (χ1) is 10.2. The molecule has 2 rings (SSSR count). The van der Waals surface area contributed by atoms with Gasteiger partial charge >= 0.3 is 0 Å². The first-order valence-corrected chi connectivity index (χ1v) is 6.95. The van der Waals surface area contributed by atoms with Crippen molar-refractivity contribution in [3.63, 3.8) is 0 Å². The monoisotopic (exact) mass is 284 g/mol. The van der Waals surface area contributed by atoms with Crippen LogP contribution in [0.3, 0.4) is 0 Å². The lowest BCUT2D eigenvalue weighted by molar-refractivity contribution is 0.112. The van der Waals surface area contributed by atoms with E-state index in [-0.39, 0.29) is 5.92 Å². The average molecular weight is 284 g/mol. The molecule has 0 aliphatic heterocycles. The third-order valence-electron chi connectivity index (χ3n) is 3.62. The highest BCUT2D eigenvalue weighted by molar-refractivity contribution is 5.80. The predicted molar refractivity (Wildman–Crippen MR) is 83.5 cm³/mol. The van der Waals surface area contributed by atoms with Gasteiger partial charge in [-0.1, -0.05) is 37.3 Å². The lowest BCUT2D eigenvalue weighted by atomic mass is 9.89. The van der Waals surface area contributed by atoms with Crippen LogP contribution in [-0.2, 0) is 6.42 Å². The van der Waals surface area contributed by atoms with Gasteiger partial charge in [-0.2, -0.15) is 0 Å². The molecule has 0 aromatic heterocycles. The Morgan fingerprint density at radius 3 is 2.33 bits per heavy atom. The number of carbonyl (C=O) groups excluding carboxylic acids is 1. The molecule has 2 aromatic carbocycles. The van der Waals surface area contributed by atoms with Gasteiger partial charge in [-0.15, -0.1) is 0 Å². The van der Waals surface area contributed by atoms with Crippen LogP contribution in [0.4, 0.5) is 0 Å². The predicted octanol–water partition coefficient (Wildman–Crippen LogP) is 3.86. The van der Waals surface area contributed by atoms with Gasteiger partial charge in [-0.25, -0.2) is 0 Å². The van der Waals surface area contributed by atoms with Gasteiger partial charge in [0.1, 0.15) is 6.29 Å². The second-order valence-electron chi connectivity index (χ2n) is 5.01. The van der Waals surface area contributed by atoms with Crippen LogP contribution in [0.25, 0.3) is 0 Å². The van der Waals surface area contributed by atoms with Gasteiger partial charge in [-0.05, 0) is 30.0 Å². The Bertz CT molecular complexity index is 605. The van der Waals surface area contributed by atoms with Crippen molar-refractivity contribution in [1.82, 2.24) is 0 Å². The summed E-state index contributed by atoms with van der Waals surface area (Å²) in [5, 5.41) is 0. The lowest BCUT2D eigenvalue weighted by Crippen LogP contribution is -2.06. The summed E-state index contributed by atoms with van der Waals surface area (Å²) in [7, 11) is 3.20.